The molecule has 1 unspecified atom stereocenters. The minimum atomic E-state index is -1.14. The Kier molecular flexibility index (Phi) is 4.58. The lowest BCUT2D eigenvalue weighted by Crippen LogP contribution is -2.44. The van der Waals surface area contributed by atoms with E-state index in [1.165, 1.54) is 0 Å². The van der Waals surface area contributed by atoms with Gasteiger partial charge in [0.1, 0.15) is 23.2 Å². The van der Waals surface area contributed by atoms with E-state index < -0.39 is 23.7 Å². The van der Waals surface area contributed by atoms with Crippen LogP contribution in [0.25, 0.3) is 0 Å². The number of nitrogens with one attached hydrogen (secondary N) is 1. The van der Waals surface area contributed by atoms with Gasteiger partial charge in [-0.05, 0) is 39.8 Å². The van der Waals surface area contributed by atoms with Crippen molar-refractivity contribution in [1.82, 2.24) is 5.32 Å². The highest BCUT2D eigenvalue weighted by molar-refractivity contribution is 5.80. The first kappa shape index (κ1) is 15.1. The summed E-state index contributed by atoms with van der Waals surface area (Å²) in [5, 5.41) is 11.4. The van der Waals surface area contributed by atoms with Crippen LogP contribution >= 0.6 is 0 Å². The molecule has 1 aromatic rings. The van der Waals surface area contributed by atoms with Gasteiger partial charge in [-0.15, -0.1) is 0 Å². The lowest BCUT2D eigenvalue weighted by atomic mass is 10.1. The first-order chi connectivity index (χ1) is 8.67. The van der Waals surface area contributed by atoms with E-state index in [4.69, 9.17) is 14.3 Å². The van der Waals surface area contributed by atoms with E-state index in [0.717, 1.165) is 0 Å². The Balaban J connectivity index is 2.63. The van der Waals surface area contributed by atoms with Crippen LogP contribution in [0.15, 0.2) is 16.5 Å². The molecule has 0 aliphatic carbocycles. The van der Waals surface area contributed by atoms with Crippen LogP contribution in [0.2, 0.25) is 0 Å². The number of ether oxygens (including phenoxy) is 1. The van der Waals surface area contributed by atoms with Crippen molar-refractivity contribution in [3.63, 3.8) is 0 Å². The third kappa shape index (κ3) is 5.46. The van der Waals surface area contributed by atoms with Crippen molar-refractivity contribution in [1.29, 1.82) is 0 Å². The topological polar surface area (TPSA) is 88.8 Å². The van der Waals surface area contributed by atoms with Gasteiger partial charge in [0.2, 0.25) is 0 Å². The number of carbonyl (C=O) groups excluding carboxylic acids is 1. The van der Waals surface area contributed by atoms with Gasteiger partial charge in [0.25, 0.3) is 0 Å². The van der Waals surface area contributed by atoms with E-state index in [2.05, 4.69) is 5.32 Å². The number of amides is 1. The lowest BCUT2D eigenvalue weighted by molar-refractivity contribution is -0.139. The second kappa shape index (κ2) is 5.77. The number of alkyl carbamates (subject to hydrolysis) is 1. The van der Waals surface area contributed by atoms with E-state index in [1.54, 1.807) is 39.8 Å². The van der Waals surface area contributed by atoms with Crippen molar-refractivity contribution in [2.24, 2.45) is 0 Å². The molecule has 0 bridgehead atoms. The molecule has 6 nitrogen and oxygen atoms in total. The van der Waals surface area contributed by atoms with Gasteiger partial charge in [0.05, 0.1) is 0 Å². The maximum absolute atomic E-state index is 11.5. The van der Waals surface area contributed by atoms with Gasteiger partial charge in [0, 0.05) is 6.42 Å². The zero-order valence-corrected chi connectivity index (χ0v) is 11.5. The summed E-state index contributed by atoms with van der Waals surface area (Å²) >= 11 is 0. The van der Waals surface area contributed by atoms with Crippen molar-refractivity contribution < 1.29 is 23.8 Å². The third-order valence-corrected chi connectivity index (χ3v) is 2.19. The molecule has 0 aromatic carbocycles. The summed E-state index contributed by atoms with van der Waals surface area (Å²) in [6.45, 7) is 6.88. The Morgan fingerprint density at radius 3 is 2.47 bits per heavy atom. The maximum Gasteiger partial charge on any atom is 0.408 e. The minimum absolute atomic E-state index is 0.0718. The molecule has 0 fully saturated rings. The summed E-state index contributed by atoms with van der Waals surface area (Å²) < 4.78 is 10.3. The molecule has 1 heterocycles. The zero-order chi connectivity index (χ0) is 14.6. The van der Waals surface area contributed by atoms with Crippen molar-refractivity contribution in [2.75, 3.05) is 0 Å². The van der Waals surface area contributed by atoms with Crippen LogP contribution in [0, 0.1) is 6.92 Å². The smallest absolute Gasteiger partial charge is 0.408 e. The molecule has 6 heteroatoms. The second-order valence-electron chi connectivity index (χ2n) is 5.25. The summed E-state index contributed by atoms with van der Waals surface area (Å²) in [6, 6.07) is 2.34. The number of carbonyl (C=O) groups is 2. The number of aliphatic carboxylic acids is 1. The quantitative estimate of drug-likeness (QED) is 0.873. The highest BCUT2D eigenvalue weighted by atomic mass is 16.6. The van der Waals surface area contributed by atoms with E-state index in [9.17, 15) is 9.59 Å². The van der Waals surface area contributed by atoms with E-state index >= 15 is 0 Å². The average molecular weight is 269 g/mol. The third-order valence-electron chi connectivity index (χ3n) is 2.19. The van der Waals surface area contributed by atoms with Gasteiger partial charge in [-0.2, -0.15) is 0 Å². The Hall–Kier alpha value is -1.98. The Bertz CT molecular complexity index is 458. The Morgan fingerprint density at radius 1 is 1.42 bits per heavy atom. The number of carboxylic acids is 1. The molecule has 0 radical (unpaired) electrons. The van der Waals surface area contributed by atoms with Gasteiger partial charge < -0.3 is 19.6 Å². The van der Waals surface area contributed by atoms with Crippen LogP contribution in [0.1, 0.15) is 32.3 Å². The highest BCUT2D eigenvalue weighted by Crippen LogP contribution is 2.11. The summed E-state index contributed by atoms with van der Waals surface area (Å²) in [4.78, 5) is 22.6. The van der Waals surface area contributed by atoms with Crippen molar-refractivity contribution >= 4 is 12.1 Å². The number of hydrogen-bond donors (Lipinski definition) is 2. The molecule has 1 amide bonds. The number of furan rings is 1. The molecule has 106 valence electrons. The normalized spacial score (nSPS) is 12.8. The fraction of sp³-hybridized carbons (Fsp3) is 0.538. The largest absolute Gasteiger partial charge is 0.480 e. The van der Waals surface area contributed by atoms with Crippen molar-refractivity contribution in [3.8, 4) is 0 Å². The molecular formula is C13H19NO5. The zero-order valence-electron chi connectivity index (χ0n) is 11.5. The van der Waals surface area contributed by atoms with E-state index in [0.29, 0.717) is 11.5 Å². The van der Waals surface area contributed by atoms with Crippen molar-refractivity contribution in [3.05, 3.63) is 23.7 Å². The first-order valence-electron chi connectivity index (χ1n) is 5.95. The molecule has 0 aliphatic rings. The number of hydrogen-bond acceptors (Lipinski definition) is 4. The van der Waals surface area contributed by atoms with E-state index in [1.807, 2.05) is 0 Å². The summed E-state index contributed by atoms with van der Waals surface area (Å²) in [6.07, 6.45) is -0.689. The Morgan fingerprint density at radius 2 is 2.05 bits per heavy atom. The standard InChI is InChI=1S/C13H19NO5/c1-8-5-6-9(18-8)7-10(11(15)16)14-12(17)19-13(2,3)4/h5-6,10H,7H2,1-4H3,(H,14,17)(H,15,16). The lowest BCUT2D eigenvalue weighted by Gasteiger charge is -2.21. The second-order valence-corrected chi connectivity index (χ2v) is 5.25. The summed E-state index contributed by atoms with van der Waals surface area (Å²) in [7, 11) is 0. The molecule has 1 atom stereocenters. The fourth-order valence-corrected chi connectivity index (χ4v) is 1.45. The molecule has 2 N–H and O–H groups in total. The Labute approximate surface area is 111 Å². The van der Waals surface area contributed by atoms with Gasteiger partial charge in [-0.3, -0.25) is 0 Å². The van der Waals surface area contributed by atoms with Crippen molar-refractivity contribution in [2.45, 2.75) is 45.8 Å². The van der Waals surface area contributed by atoms with Gasteiger partial charge >= 0.3 is 12.1 Å². The molecular weight excluding hydrogens is 250 g/mol. The number of carboxylic acid groups (broad SMARTS) is 1. The van der Waals surface area contributed by atoms with Crippen LogP contribution in [0.5, 0.6) is 0 Å². The molecule has 19 heavy (non-hydrogen) atoms. The summed E-state index contributed by atoms with van der Waals surface area (Å²) in [5.74, 6) is 0.0530. The summed E-state index contributed by atoms with van der Waals surface area (Å²) in [5.41, 5.74) is -0.672. The predicted octanol–water partition coefficient (Wildman–Crippen LogP) is 2.11. The number of aryl methyl sites for hydroxylation is 1. The highest BCUT2D eigenvalue weighted by Gasteiger charge is 2.25. The van der Waals surface area contributed by atoms with Crippen LogP contribution < -0.4 is 5.32 Å². The molecule has 1 rings (SSSR count). The van der Waals surface area contributed by atoms with Crippen LogP contribution in [0.4, 0.5) is 4.79 Å². The van der Waals surface area contributed by atoms with Gasteiger partial charge in [-0.1, -0.05) is 0 Å². The molecule has 1 aromatic heterocycles. The SMILES string of the molecule is Cc1ccc(CC(NC(=O)OC(C)(C)C)C(=O)O)o1. The predicted molar refractivity (Wildman–Crippen MR) is 67.9 cm³/mol. The molecule has 0 aliphatic heterocycles. The fourth-order valence-electron chi connectivity index (χ4n) is 1.45. The first-order valence-corrected chi connectivity index (χ1v) is 5.95. The van der Waals surface area contributed by atoms with Crippen LogP contribution in [0.3, 0.4) is 0 Å². The van der Waals surface area contributed by atoms with Crippen LogP contribution in [-0.2, 0) is 16.0 Å². The molecule has 0 saturated carbocycles. The minimum Gasteiger partial charge on any atom is -0.480 e. The van der Waals surface area contributed by atoms with Crippen LogP contribution in [-0.4, -0.2) is 28.8 Å². The number of rotatable bonds is 4. The monoisotopic (exact) mass is 269 g/mol. The van der Waals surface area contributed by atoms with Gasteiger partial charge in [0.15, 0.2) is 0 Å². The molecule has 0 saturated heterocycles. The molecule has 0 spiro atoms. The average Bonchev–Trinajstić information content (AvgIpc) is 2.60. The maximum atomic E-state index is 11.5. The van der Waals surface area contributed by atoms with E-state index in [-0.39, 0.29) is 6.42 Å². The van der Waals surface area contributed by atoms with Gasteiger partial charge in [-0.25, -0.2) is 9.59 Å².